The lowest BCUT2D eigenvalue weighted by Crippen LogP contribution is -2.29. The maximum absolute atomic E-state index is 12.9. The van der Waals surface area contributed by atoms with Crippen LogP contribution in [-0.2, 0) is 4.84 Å². The van der Waals surface area contributed by atoms with Gasteiger partial charge in [-0.1, -0.05) is 38.8 Å². The Morgan fingerprint density at radius 2 is 1.57 bits per heavy atom. The number of ether oxygens (including phenoxy) is 2. The van der Waals surface area contributed by atoms with E-state index in [-0.39, 0.29) is 6.61 Å². The molecule has 1 aliphatic heterocycles. The molecule has 150 valence electrons. The number of rotatable bonds is 10. The summed E-state index contributed by atoms with van der Waals surface area (Å²) in [6.07, 6.45) is 3.85. The Morgan fingerprint density at radius 3 is 2.21 bits per heavy atom. The highest BCUT2D eigenvalue weighted by molar-refractivity contribution is 6.27. The lowest BCUT2D eigenvalue weighted by Gasteiger charge is -2.15. The summed E-state index contributed by atoms with van der Waals surface area (Å²) < 4.78 is 12.0. The molecular weight excluding hydrogens is 358 g/mol. The Balaban J connectivity index is 2.14. The topological polar surface area (TPSA) is 65.1 Å². The van der Waals surface area contributed by atoms with Crippen LogP contribution in [-0.4, -0.2) is 36.7 Å². The van der Waals surface area contributed by atoms with Gasteiger partial charge in [0.05, 0.1) is 36.3 Å². The highest BCUT2D eigenvalue weighted by Crippen LogP contribution is 2.41. The van der Waals surface area contributed by atoms with Gasteiger partial charge in [-0.15, -0.1) is 5.06 Å². The normalized spacial score (nSPS) is 13.3. The summed E-state index contributed by atoms with van der Waals surface area (Å²) in [5, 5.41) is 2.22. The number of carbonyl (C=O) groups is 2. The van der Waals surface area contributed by atoms with Crippen LogP contribution in [0.1, 0.15) is 67.2 Å². The number of unbranched alkanes of at least 4 members (excludes halogenated alkanes) is 2. The van der Waals surface area contributed by atoms with Gasteiger partial charge in [-0.2, -0.15) is 0 Å². The molecule has 0 saturated heterocycles. The van der Waals surface area contributed by atoms with Gasteiger partial charge in [0.2, 0.25) is 0 Å². The molecule has 0 spiro atoms. The molecule has 0 saturated carbocycles. The molecule has 0 fully saturated rings. The Bertz CT molecular complexity index is 877. The minimum atomic E-state index is -0.457. The molecule has 6 heteroatoms. The largest absolute Gasteiger partial charge is 0.493 e. The van der Waals surface area contributed by atoms with Gasteiger partial charge in [0.15, 0.2) is 0 Å². The predicted octanol–water partition coefficient (Wildman–Crippen LogP) is 4.75. The lowest BCUT2D eigenvalue weighted by molar-refractivity contribution is -0.0863. The zero-order chi connectivity index (χ0) is 20.1. The fourth-order valence-corrected chi connectivity index (χ4v) is 3.25. The summed E-state index contributed by atoms with van der Waals surface area (Å²) in [5.41, 5.74) is 0.653. The van der Waals surface area contributed by atoms with Gasteiger partial charge >= 0.3 is 0 Å². The van der Waals surface area contributed by atoms with Gasteiger partial charge in [0.25, 0.3) is 11.8 Å². The first-order chi connectivity index (χ1) is 13.6. The summed E-state index contributed by atoms with van der Waals surface area (Å²) in [6, 6.07) is 7.19. The van der Waals surface area contributed by atoms with Crippen LogP contribution in [0.3, 0.4) is 0 Å². The van der Waals surface area contributed by atoms with E-state index < -0.39 is 11.8 Å². The Kier molecular flexibility index (Phi) is 6.52. The van der Waals surface area contributed by atoms with Crippen LogP contribution in [0.15, 0.2) is 24.3 Å². The van der Waals surface area contributed by atoms with E-state index in [4.69, 9.17) is 14.3 Å². The van der Waals surface area contributed by atoms with E-state index in [1.54, 1.807) is 13.0 Å². The first-order valence-corrected chi connectivity index (χ1v) is 10.0. The second kappa shape index (κ2) is 9.06. The average Bonchev–Trinajstić information content (AvgIpc) is 2.93. The van der Waals surface area contributed by atoms with Crippen LogP contribution in [0.25, 0.3) is 10.8 Å². The molecule has 2 aromatic carbocycles. The summed E-state index contributed by atoms with van der Waals surface area (Å²) in [7, 11) is 0. The predicted molar refractivity (Wildman–Crippen MR) is 107 cm³/mol. The highest BCUT2D eigenvalue weighted by atomic mass is 16.7. The quantitative estimate of drug-likeness (QED) is 0.436. The molecule has 2 amide bonds. The molecule has 0 aromatic heterocycles. The number of hydroxylamine groups is 2. The van der Waals surface area contributed by atoms with E-state index in [0.717, 1.165) is 36.1 Å². The number of benzene rings is 2. The molecule has 0 aliphatic carbocycles. The lowest BCUT2D eigenvalue weighted by atomic mass is 9.98. The summed E-state index contributed by atoms with van der Waals surface area (Å²) in [4.78, 5) is 30.8. The molecule has 0 atom stereocenters. The minimum absolute atomic E-state index is 0.231. The number of amides is 2. The first-order valence-electron chi connectivity index (χ1n) is 10.0. The van der Waals surface area contributed by atoms with E-state index in [1.807, 2.05) is 18.2 Å². The van der Waals surface area contributed by atoms with E-state index in [9.17, 15) is 9.59 Å². The summed E-state index contributed by atoms with van der Waals surface area (Å²) in [6.45, 7) is 7.27. The van der Waals surface area contributed by atoms with Crippen LogP contribution in [0.4, 0.5) is 0 Å². The molecule has 6 nitrogen and oxygen atoms in total. The molecular formula is C22H27NO5. The van der Waals surface area contributed by atoms with Crippen molar-refractivity contribution in [3.63, 3.8) is 0 Å². The number of fused-ring (bicyclic) bond motifs is 3. The third-order valence-electron chi connectivity index (χ3n) is 4.67. The van der Waals surface area contributed by atoms with Crippen molar-refractivity contribution in [1.82, 2.24) is 5.06 Å². The van der Waals surface area contributed by atoms with Gasteiger partial charge in [-0.25, -0.2) is 0 Å². The van der Waals surface area contributed by atoms with Crippen LogP contribution in [0, 0.1) is 0 Å². The maximum Gasteiger partial charge on any atom is 0.286 e. The molecule has 1 aliphatic rings. The molecule has 1 heterocycles. The van der Waals surface area contributed by atoms with Crippen molar-refractivity contribution in [1.29, 1.82) is 0 Å². The zero-order valence-corrected chi connectivity index (χ0v) is 16.7. The Morgan fingerprint density at radius 1 is 0.893 bits per heavy atom. The van der Waals surface area contributed by atoms with Crippen molar-refractivity contribution >= 4 is 22.6 Å². The van der Waals surface area contributed by atoms with E-state index >= 15 is 0 Å². The number of carbonyl (C=O) groups excluding carboxylic acids is 2. The third kappa shape index (κ3) is 3.69. The fraction of sp³-hybridized carbons (Fsp3) is 0.455. The second-order valence-corrected chi connectivity index (χ2v) is 6.70. The van der Waals surface area contributed by atoms with Crippen molar-refractivity contribution in [2.75, 3.05) is 19.8 Å². The van der Waals surface area contributed by atoms with Crippen LogP contribution in [0.2, 0.25) is 0 Å². The standard InChI is InChI=1S/C22H27NO5/c1-4-7-12-26-17-11-9-10-15-19-16(21(24)23(22(19)25)28-6-3)14-18(20(15)17)27-13-8-5-2/h9-11,14H,4-8,12-13H2,1-3H3. The summed E-state index contributed by atoms with van der Waals surface area (Å²) >= 11 is 0. The van der Waals surface area contributed by atoms with Crippen LogP contribution >= 0.6 is 0 Å². The van der Waals surface area contributed by atoms with E-state index in [2.05, 4.69) is 13.8 Å². The van der Waals surface area contributed by atoms with Gasteiger partial charge in [0.1, 0.15) is 11.5 Å². The summed E-state index contributed by atoms with van der Waals surface area (Å²) in [5.74, 6) is 0.322. The fourth-order valence-electron chi connectivity index (χ4n) is 3.25. The average molecular weight is 385 g/mol. The smallest absolute Gasteiger partial charge is 0.286 e. The third-order valence-corrected chi connectivity index (χ3v) is 4.67. The number of hydrogen-bond acceptors (Lipinski definition) is 5. The molecule has 28 heavy (non-hydrogen) atoms. The van der Waals surface area contributed by atoms with Gasteiger partial charge in [0, 0.05) is 5.39 Å². The molecule has 2 aromatic rings. The van der Waals surface area contributed by atoms with Crippen LogP contribution < -0.4 is 9.47 Å². The van der Waals surface area contributed by atoms with E-state index in [0.29, 0.717) is 41.2 Å². The van der Waals surface area contributed by atoms with Gasteiger partial charge in [-0.05, 0) is 31.9 Å². The molecule has 0 N–H and O–H groups in total. The monoisotopic (exact) mass is 385 g/mol. The molecule has 0 unspecified atom stereocenters. The number of imide groups is 1. The van der Waals surface area contributed by atoms with Gasteiger partial charge < -0.3 is 9.47 Å². The number of hydrogen-bond donors (Lipinski definition) is 0. The van der Waals surface area contributed by atoms with E-state index in [1.165, 1.54) is 0 Å². The maximum atomic E-state index is 12.9. The highest BCUT2D eigenvalue weighted by Gasteiger charge is 2.39. The molecule has 0 bridgehead atoms. The number of nitrogens with zero attached hydrogens (tertiary/aromatic N) is 1. The SMILES string of the molecule is CCCCOc1cccc2c3c(cc(OCCCC)c12)C(=O)N(OCC)C3=O. The van der Waals surface area contributed by atoms with Crippen LogP contribution in [0.5, 0.6) is 11.5 Å². The Labute approximate surface area is 165 Å². The van der Waals surface area contributed by atoms with Crippen molar-refractivity contribution in [3.05, 3.63) is 35.4 Å². The van der Waals surface area contributed by atoms with Crippen molar-refractivity contribution in [3.8, 4) is 11.5 Å². The van der Waals surface area contributed by atoms with Crippen molar-refractivity contribution in [2.24, 2.45) is 0 Å². The second-order valence-electron chi connectivity index (χ2n) is 6.70. The molecule has 0 radical (unpaired) electrons. The molecule has 3 rings (SSSR count). The minimum Gasteiger partial charge on any atom is -0.493 e. The Hall–Kier alpha value is -2.60. The van der Waals surface area contributed by atoms with Crippen molar-refractivity contribution < 1.29 is 23.9 Å². The zero-order valence-electron chi connectivity index (χ0n) is 16.7. The first kappa shape index (κ1) is 20.1. The van der Waals surface area contributed by atoms with Gasteiger partial charge in [-0.3, -0.25) is 14.4 Å². The van der Waals surface area contributed by atoms with Crippen molar-refractivity contribution in [2.45, 2.75) is 46.5 Å².